The summed E-state index contributed by atoms with van der Waals surface area (Å²) in [6.45, 7) is 4.16. The lowest BCUT2D eigenvalue weighted by atomic mass is 10.2. The molecular weight excluding hydrogens is 252 g/mol. The van der Waals surface area contributed by atoms with Crippen LogP contribution in [0.2, 0.25) is 0 Å². The summed E-state index contributed by atoms with van der Waals surface area (Å²) in [5, 5.41) is 0. The van der Waals surface area contributed by atoms with Crippen molar-refractivity contribution in [1.82, 2.24) is 4.72 Å². The topological polar surface area (TPSA) is 81.4 Å². The molecule has 1 saturated heterocycles. The Balaban J connectivity index is 2.28. The molecule has 1 fully saturated rings. The number of nitrogens with one attached hydrogen (secondary N) is 1. The van der Waals surface area contributed by atoms with Crippen molar-refractivity contribution in [3.05, 3.63) is 23.8 Å². The molecule has 2 unspecified atom stereocenters. The van der Waals surface area contributed by atoms with Crippen LogP contribution in [0.4, 0.5) is 5.69 Å². The summed E-state index contributed by atoms with van der Waals surface area (Å²) < 4.78 is 32.6. The van der Waals surface area contributed by atoms with E-state index in [4.69, 9.17) is 10.5 Å². The molecule has 0 aliphatic carbocycles. The Labute approximate surface area is 107 Å². The molecule has 0 radical (unpaired) electrons. The minimum absolute atomic E-state index is 0.0962. The Bertz CT molecular complexity index is 542. The molecule has 0 saturated carbocycles. The molecule has 3 N–H and O–H groups in total. The number of nitrogen functional groups attached to an aromatic ring is 1. The number of rotatable bonds is 3. The van der Waals surface area contributed by atoms with Gasteiger partial charge in [0, 0.05) is 12.3 Å². The van der Waals surface area contributed by atoms with Crippen LogP contribution in [0, 0.1) is 6.92 Å². The first-order valence-corrected chi connectivity index (χ1v) is 7.39. The van der Waals surface area contributed by atoms with Crippen molar-refractivity contribution in [2.24, 2.45) is 0 Å². The van der Waals surface area contributed by atoms with Gasteiger partial charge in [-0.15, -0.1) is 0 Å². The van der Waals surface area contributed by atoms with Crippen molar-refractivity contribution in [3.8, 4) is 0 Å². The highest BCUT2D eigenvalue weighted by Gasteiger charge is 2.29. The van der Waals surface area contributed by atoms with E-state index in [2.05, 4.69) is 4.72 Å². The van der Waals surface area contributed by atoms with Crippen molar-refractivity contribution < 1.29 is 13.2 Å². The summed E-state index contributed by atoms with van der Waals surface area (Å²) in [6.07, 6.45) is 0.600. The molecule has 2 rings (SSSR count). The molecule has 100 valence electrons. The maximum atomic E-state index is 12.3. The van der Waals surface area contributed by atoms with Gasteiger partial charge in [0.05, 0.1) is 17.0 Å². The summed E-state index contributed by atoms with van der Waals surface area (Å²) in [4.78, 5) is 0.238. The molecule has 1 aromatic carbocycles. The second-order valence-corrected chi connectivity index (χ2v) is 6.25. The smallest absolute Gasteiger partial charge is 0.241 e. The number of anilines is 1. The summed E-state index contributed by atoms with van der Waals surface area (Å²) in [5.41, 5.74) is 6.80. The number of hydrogen-bond acceptors (Lipinski definition) is 4. The molecular formula is C12H18N2O3S. The fourth-order valence-electron chi connectivity index (χ4n) is 2.07. The second-order valence-electron chi connectivity index (χ2n) is 4.56. The predicted octanol–water partition coefficient (Wildman–Crippen LogP) is 1.03. The molecule has 0 amide bonds. The van der Waals surface area contributed by atoms with E-state index in [1.54, 1.807) is 25.1 Å². The van der Waals surface area contributed by atoms with Gasteiger partial charge >= 0.3 is 0 Å². The quantitative estimate of drug-likeness (QED) is 0.804. The molecule has 1 aliphatic heterocycles. The van der Waals surface area contributed by atoms with Crippen LogP contribution in [-0.4, -0.2) is 27.2 Å². The Hall–Kier alpha value is -1.11. The predicted molar refractivity (Wildman–Crippen MR) is 69.7 cm³/mol. The van der Waals surface area contributed by atoms with Crippen LogP contribution >= 0.6 is 0 Å². The third-order valence-corrected chi connectivity index (χ3v) is 4.93. The number of benzene rings is 1. The van der Waals surface area contributed by atoms with Crippen molar-refractivity contribution >= 4 is 15.7 Å². The van der Waals surface area contributed by atoms with Crippen LogP contribution in [-0.2, 0) is 14.8 Å². The first kappa shape index (κ1) is 13.3. The minimum atomic E-state index is -3.54. The second kappa shape index (κ2) is 4.87. The Kier molecular flexibility index (Phi) is 3.61. The minimum Gasteiger partial charge on any atom is -0.398 e. The zero-order valence-electron chi connectivity index (χ0n) is 10.5. The molecule has 0 bridgehead atoms. The lowest BCUT2D eigenvalue weighted by molar-refractivity contribution is 0.117. The SMILES string of the molecule is Cc1c(N)cccc1S(=O)(=O)NC1CCOC1C. The fraction of sp³-hybridized carbons (Fsp3) is 0.500. The number of nitrogens with two attached hydrogens (primary N) is 1. The first-order valence-electron chi connectivity index (χ1n) is 5.91. The third-order valence-electron chi connectivity index (χ3n) is 3.30. The highest BCUT2D eigenvalue weighted by molar-refractivity contribution is 7.89. The van der Waals surface area contributed by atoms with Crippen molar-refractivity contribution in [2.75, 3.05) is 12.3 Å². The van der Waals surface area contributed by atoms with Gasteiger partial charge in [-0.1, -0.05) is 6.07 Å². The van der Waals surface area contributed by atoms with Gasteiger partial charge in [0.15, 0.2) is 0 Å². The first-order chi connectivity index (χ1) is 8.42. The van der Waals surface area contributed by atoms with Gasteiger partial charge in [-0.2, -0.15) is 0 Å². The number of sulfonamides is 1. The lowest BCUT2D eigenvalue weighted by Crippen LogP contribution is -2.39. The van der Waals surface area contributed by atoms with Crippen LogP contribution < -0.4 is 10.5 Å². The lowest BCUT2D eigenvalue weighted by Gasteiger charge is -2.17. The van der Waals surface area contributed by atoms with Gasteiger partial charge in [0.25, 0.3) is 0 Å². The Morgan fingerprint density at radius 2 is 2.17 bits per heavy atom. The normalized spacial score (nSPS) is 24.3. The van der Waals surface area contributed by atoms with Gasteiger partial charge in [-0.25, -0.2) is 13.1 Å². The van der Waals surface area contributed by atoms with Gasteiger partial charge < -0.3 is 10.5 Å². The third kappa shape index (κ3) is 2.50. The van der Waals surface area contributed by atoms with Crippen molar-refractivity contribution in [1.29, 1.82) is 0 Å². The molecule has 0 spiro atoms. The van der Waals surface area contributed by atoms with Crippen LogP contribution in [0.5, 0.6) is 0 Å². The van der Waals surface area contributed by atoms with Crippen LogP contribution in [0.3, 0.4) is 0 Å². The van der Waals surface area contributed by atoms with E-state index in [0.717, 1.165) is 0 Å². The molecule has 1 aromatic rings. The summed E-state index contributed by atoms with van der Waals surface area (Å²) >= 11 is 0. The van der Waals surface area contributed by atoms with E-state index in [9.17, 15) is 8.42 Å². The van der Waals surface area contributed by atoms with Gasteiger partial charge in [0.2, 0.25) is 10.0 Å². The molecule has 6 heteroatoms. The van der Waals surface area contributed by atoms with Crippen LogP contribution in [0.1, 0.15) is 18.9 Å². The van der Waals surface area contributed by atoms with Crippen LogP contribution in [0.25, 0.3) is 0 Å². The van der Waals surface area contributed by atoms with Crippen molar-refractivity contribution in [3.63, 3.8) is 0 Å². The molecule has 18 heavy (non-hydrogen) atoms. The standard InChI is InChI=1S/C12H18N2O3S/c1-8-10(13)4-3-5-12(8)18(15,16)14-11-6-7-17-9(11)2/h3-5,9,11,14H,6-7,13H2,1-2H3. The number of ether oxygens (including phenoxy) is 1. The molecule has 0 aromatic heterocycles. The molecule has 1 heterocycles. The van der Waals surface area contributed by atoms with Gasteiger partial charge in [0.1, 0.15) is 0 Å². The maximum absolute atomic E-state index is 12.3. The zero-order chi connectivity index (χ0) is 13.3. The highest BCUT2D eigenvalue weighted by Crippen LogP contribution is 2.22. The van der Waals surface area contributed by atoms with Gasteiger partial charge in [-0.05, 0) is 38.0 Å². The van der Waals surface area contributed by atoms with Crippen LogP contribution in [0.15, 0.2) is 23.1 Å². The van der Waals surface area contributed by atoms with Crippen molar-refractivity contribution in [2.45, 2.75) is 37.3 Å². The van der Waals surface area contributed by atoms with E-state index >= 15 is 0 Å². The fourth-order valence-corrected chi connectivity index (χ4v) is 3.69. The monoisotopic (exact) mass is 270 g/mol. The average Bonchev–Trinajstić information content (AvgIpc) is 2.67. The average molecular weight is 270 g/mol. The summed E-state index contributed by atoms with van der Waals surface area (Å²) in [5.74, 6) is 0. The maximum Gasteiger partial charge on any atom is 0.241 e. The zero-order valence-corrected chi connectivity index (χ0v) is 11.3. The molecule has 2 atom stereocenters. The van der Waals surface area contributed by atoms with E-state index < -0.39 is 10.0 Å². The van der Waals surface area contributed by atoms with E-state index in [-0.39, 0.29) is 17.0 Å². The highest BCUT2D eigenvalue weighted by atomic mass is 32.2. The van der Waals surface area contributed by atoms with Gasteiger partial charge in [-0.3, -0.25) is 0 Å². The Morgan fingerprint density at radius 1 is 1.44 bits per heavy atom. The Morgan fingerprint density at radius 3 is 2.78 bits per heavy atom. The largest absolute Gasteiger partial charge is 0.398 e. The molecule has 1 aliphatic rings. The number of hydrogen-bond donors (Lipinski definition) is 2. The summed E-state index contributed by atoms with van der Waals surface area (Å²) in [6, 6.07) is 4.73. The molecule has 5 nitrogen and oxygen atoms in total. The van der Waals surface area contributed by atoms with E-state index in [0.29, 0.717) is 24.3 Å². The summed E-state index contributed by atoms with van der Waals surface area (Å²) in [7, 11) is -3.54. The van der Waals surface area contributed by atoms with E-state index in [1.165, 1.54) is 0 Å². The van der Waals surface area contributed by atoms with E-state index in [1.807, 2.05) is 6.92 Å².